The zero-order valence-corrected chi connectivity index (χ0v) is 26.1. The Hall–Kier alpha value is -3.40. The minimum Gasteiger partial charge on any atom is -0.507 e. The fraction of sp³-hybridized carbons (Fsp3) is 0.444. The molecule has 4 heteroatoms. The molecule has 0 saturated carbocycles. The monoisotopic (exact) mass is 540 g/mol. The number of hydrogen-bond acceptors (Lipinski definition) is 4. The van der Waals surface area contributed by atoms with E-state index in [1.165, 1.54) is 11.1 Å². The first-order valence-corrected chi connectivity index (χ1v) is 14.4. The number of hydrogen-bond donors (Lipinski definition) is 2. The van der Waals surface area contributed by atoms with Crippen LogP contribution in [0.25, 0.3) is 0 Å². The van der Waals surface area contributed by atoms with Gasteiger partial charge in [0.2, 0.25) is 0 Å². The molecule has 0 aromatic heterocycles. The second-order valence-electron chi connectivity index (χ2n) is 14.1. The smallest absolute Gasteiger partial charge is 0.127 e. The van der Waals surface area contributed by atoms with E-state index in [0.717, 1.165) is 46.5 Å². The summed E-state index contributed by atoms with van der Waals surface area (Å²) in [6, 6.07) is 16.0. The third kappa shape index (κ3) is 8.81. The summed E-state index contributed by atoms with van der Waals surface area (Å²) in [5.41, 5.74) is 7.63. The summed E-state index contributed by atoms with van der Waals surface area (Å²) in [5.74, 6) is 1.03. The van der Waals surface area contributed by atoms with Gasteiger partial charge in [-0.25, -0.2) is 0 Å². The van der Waals surface area contributed by atoms with Gasteiger partial charge in [0.15, 0.2) is 0 Å². The van der Waals surface area contributed by atoms with E-state index in [1.807, 2.05) is 36.4 Å². The molecule has 0 saturated heterocycles. The lowest BCUT2D eigenvalue weighted by molar-refractivity contribution is 0.409. The lowest BCUT2D eigenvalue weighted by atomic mass is 9.85. The van der Waals surface area contributed by atoms with Gasteiger partial charge in [-0.15, -0.1) is 0 Å². The van der Waals surface area contributed by atoms with E-state index in [4.69, 9.17) is 0 Å². The van der Waals surface area contributed by atoms with Crippen molar-refractivity contribution in [3.63, 3.8) is 0 Å². The van der Waals surface area contributed by atoms with Gasteiger partial charge in [-0.2, -0.15) is 0 Å². The highest BCUT2D eigenvalue weighted by atomic mass is 16.3. The Balaban J connectivity index is 1.85. The Kier molecular flexibility index (Phi) is 9.66. The minimum atomic E-state index is 0.150. The number of benzene rings is 3. The van der Waals surface area contributed by atoms with E-state index in [9.17, 15) is 10.2 Å². The summed E-state index contributed by atoms with van der Waals surface area (Å²) >= 11 is 0. The third-order valence-corrected chi connectivity index (χ3v) is 6.73. The molecule has 3 aromatic carbocycles. The van der Waals surface area contributed by atoms with Gasteiger partial charge >= 0.3 is 0 Å². The van der Waals surface area contributed by atoms with Crippen molar-refractivity contribution in [3.05, 3.63) is 81.9 Å². The van der Waals surface area contributed by atoms with Gasteiger partial charge in [0.05, 0.1) is 11.4 Å². The Morgan fingerprint density at radius 2 is 0.925 bits per heavy atom. The topological polar surface area (TPSA) is 65.2 Å². The summed E-state index contributed by atoms with van der Waals surface area (Å²) in [4.78, 5) is 9.30. The van der Waals surface area contributed by atoms with Gasteiger partial charge in [-0.1, -0.05) is 81.4 Å². The fourth-order valence-corrected chi connectivity index (χ4v) is 4.91. The molecule has 0 heterocycles. The largest absolute Gasteiger partial charge is 0.507 e. The Bertz CT molecular complexity index is 1260. The van der Waals surface area contributed by atoms with Gasteiger partial charge < -0.3 is 10.2 Å². The van der Waals surface area contributed by atoms with Crippen molar-refractivity contribution >= 4 is 23.8 Å². The van der Waals surface area contributed by atoms with Gasteiger partial charge in [0.25, 0.3) is 0 Å². The number of aromatic hydroxyl groups is 2. The van der Waals surface area contributed by atoms with E-state index in [1.54, 1.807) is 12.4 Å². The van der Waals surface area contributed by atoms with Gasteiger partial charge in [0, 0.05) is 23.6 Å². The van der Waals surface area contributed by atoms with Crippen molar-refractivity contribution in [1.82, 2.24) is 0 Å². The van der Waals surface area contributed by atoms with Crippen LogP contribution < -0.4 is 0 Å². The molecule has 40 heavy (non-hydrogen) atoms. The highest BCUT2D eigenvalue weighted by Crippen LogP contribution is 2.34. The van der Waals surface area contributed by atoms with Gasteiger partial charge in [0.1, 0.15) is 11.5 Å². The lowest BCUT2D eigenvalue weighted by Gasteiger charge is -2.20. The van der Waals surface area contributed by atoms with Crippen LogP contribution in [0.2, 0.25) is 0 Å². The average molecular weight is 541 g/mol. The van der Waals surface area contributed by atoms with Gasteiger partial charge in [-0.3, -0.25) is 9.98 Å². The molecule has 2 N–H and O–H groups in total. The highest BCUT2D eigenvalue weighted by molar-refractivity contribution is 5.88. The first kappa shape index (κ1) is 31.1. The number of phenols is 2. The summed E-state index contributed by atoms with van der Waals surface area (Å²) in [5, 5.41) is 21.8. The number of phenolic OH excluding ortho intramolecular Hbond substituents is 2. The van der Waals surface area contributed by atoms with Crippen LogP contribution in [-0.4, -0.2) is 22.6 Å². The lowest BCUT2D eigenvalue weighted by Crippen LogP contribution is -2.10. The molecular weight excluding hydrogens is 492 g/mol. The van der Waals surface area contributed by atoms with E-state index in [2.05, 4.69) is 91.4 Å². The van der Waals surface area contributed by atoms with Crippen LogP contribution in [0.1, 0.15) is 114 Å². The standard InChI is InChI=1S/C36H48N2O2/c1-23(2)31-17-25(19-35(5,6)7)15-27(33(31)39)21-37-29-11-13-30(14-12-29)38-22-28-16-26(20-36(8,9)10)18-32(24(3)4)34(28)40/h11-18,21-24,39-40H,19-20H2,1-10H3. The van der Waals surface area contributed by atoms with Crippen LogP contribution in [0.3, 0.4) is 0 Å². The Morgan fingerprint density at radius 1 is 0.600 bits per heavy atom. The van der Waals surface area contributed by atoms with Crippen molar-refractivity contribution in [3.8, 4) is 11.5 Å². The van der Waals surface area contributed by atoms with E-state index in [0.29, 0.717) is 11.5 Å². The molecule has 0 fully saturated rings. The second-order valence-corrected chi connectivity index (χ2v) is 14.1. The maximum absolute atomic E-state index is 10.9. The molecule has 0 bridgehead atoms. The number of nitrogens with zero attached hydrogens (tertiary/aromatic N) is 2. The summed E-state index contributed by atoms with van der Waals surface area (Å²) in [6.45, 7) is 21.7. The SMILES string of the molecule is CC(C)c1cc(CC(C)(C)C)cc(C=Nc2ccc(N=Cc3cc(CC(C)(C)C)cc(C(C)C)c3O)cc2)c1O. The van der Waals surface area contributed by atoms with Gasteiger partial charge in [-0.05, 0) is 94.2 Å². The predicted molar refractivity (Wildman–Crippen MR) is 172 cm³/mol. The van der Waals surface area contributed by atoms with E-state index < -0.39 is 0 Å². The van der Waals surface area contributed by atoms with Crippen molar-refractivity contribution < 1.29 is 10.2 Å². The molecule has 0 spiro atoms. The minimum absolute atomic E-state index is 0.150. The molecule has 0 atom stereocenters. The molecule has 4 nitrogen and oxygen atoms in total. The fourth-order valence-electron chi connectivity index (χ4n) is 4.91. The molecule has 0 aliphatic heterocycles. The molecular formula is C36H48N2O2. The van der Waals surface area contributed by atoms with Crippen molar-refractivity contribution in [2.75, 3.05) is 0 Å². The van der Waals surface area contributed by atoms with E-state index in [-0.39, 0.29) is 22.7 Å². The van der Waals surface area contributed by atoms with Crippen molar-refractivity contribution in [2.45, 2.75) is 93.9 Å². The average Bonchev–Trinajstić information content (AvgIpc) is 2.82. The Morgan fingerprint density at radius 3 is 1.20 bits per heavy atom. The maximum atomic E-state index is 10.9. The van der Waals surface area contributed by atoms with Crippen LogP contribution in [0.15, 0.2) is 58.5 Å². The summed E-state index contributed by atoms with van der Waals surface area (Å²) in [7, 11) is 0. The van der Waals surface area contributed by atoms with Crippen LogP contribution >= 0.6 is 0 Å². The second kappa shape index (κ2) is 12.4. The van der Waals surface area contributed by atoms with Crippen molar-refractivity contribution in [1.29, 1.82) is 0 Å². The van der Waals surface area contributed by atoms with Crippen LogP contribution in [-0.2, 0) is 12.8 Å². The predicted octanol–water partition coefficient (Wildman–Crippen LogP) is 10.0. The zero-order chi connectivity index (χ0) is 29.8. The molecule has 0 aliphatic rings. The molecule has 0 radical (unpaired) electrons. The molecule has 3 aromatic rings. The summed E-state index contributed by atoms with van der Waals surface area (Å²) < 4.78 is 0. The third-order valence-electron chi connectivity index (χ3n) is 6.73. The highest BCUT2D eigenvalue weighted by Gasteiger charge is 2.18. The number of aliphatic imine (C=N–C) groups is 2. The molecule has 0 amide bonds. The molecule has 214 valence electrons. The van der Waals surface area contributed by atoms with Crippen LogP contribution in [0.4, 0.5) is 11.4 Å². The molecule has 0 unspecified atom stereocenters. The summed E-state index contributed by atoms with van der Waals surface area (Å²) in [6.07, 6.45) is 5.34. The van der Waals surface area contributed by atoms with Crippen molar-refractivity contribution in [2.24, 2.45) is 20.8 Å². The zero-order valence-electron chi connectivity index (χ0n) is 26.1. The van der Waals surface area contributed by atoms with Crippen LogP contribution in [0, 0.1) is 10.8 Å². The molecule has 3 rings (SSSR count). The first-order chi connectivity index (χ1) is 18.5. The van der Waals surface area contributed by atoms with E-state index >= 15 is 0 Å². The quantitative estimate of drug-likeness (QED) is 0.279. The first-order valence-electron chi connectivity index (χ1n) is 14.4. The normalized spacial score (nSPS) is 12.9. The van der Waals surface area contributed by atoms with Crippen LogP contribution in [0.5, 0.6) is 11.5 Å². The maximum Gasteiger partial charge on any atom is 0.127 e. The molecule has 0 aliphatic carbocycles. The Labute approximate surface area is 241 Å². The number of rotatable bonds is 8.